The summed E-state index contributed by atoms with van der Waals surface area (Å²) in [5.74, 6) is 1.05. The zero-order chi connectivity index (χ0) is 8.91. The van der Waals surface area contributed by atoms with Gasteiger partial charge < -0.3 is 5.11 Å². The van der Waals surface area contributed by atoms with Gasteiger partial charge in [-0.05, 0) is 11.2 Å². The molecule has 0 bridgehead atoms. The standard InChI is InChI=1S/C8H16O2S/c1-8(2,3)6-11-5-4-7(9)10/h4-6H2,1-3H3,(H,9,10). The first-order valence-electron chi connectivity index (χ1n) is 3.71. The molecule has 3 heteroatoms. The Labute approximate surface area is 72.4 Å². The van der Waals surface area contributed by atoms with Gasteiger partial charge in [0.2, 0.25) is 0 Å². The Morgan fingerprint density at radius 1 is 1.45 bits per heavy atom. The van der Waals surface area contributed by atoms with Gasteiger partial charge in [0.1, 0.15) is 0 Å². The van der Waals surface area contributed by atoms with Crippen molar-refractivity contribution < 1.29 is 9.90 Å². The predicted molar refractivity (Wildman–Crippen MR) is 49.0 cm³/mol. The third-order valence-electron chi connectivity index (χ3n) is 0.995. The molecule has 0 amide bonds. The molecule has 0 fully saturated rings. The molecule has 0 atom stereocenters. The molecule has 0 spiro atoms. The van der Waals surface area contributed by atoms with Gasteiger partial charge in [-0.2, -0.15) is 11.8 Å². The maximum atomic E-state index is 10.1. The average molecular weight is 176 g/mol. The molecule has 0 radical (unpaired) electrons. The van der Waals surface area contributed by atoms with Gasteiger partial charge in [0.25, 0.3) is 0 Å². The van der Waals surface area contributed by atoms with E-state index in [0.717, 1.165) is 11.5 Å². The summed E-state index contributed by atoms with van der Waals surface area (Å²) in [7, 11) is 0. The number of carbonyl (C=O) groups is 1. The monoisotopic (exact) mass is 176 g/mol. The number of hydrogen-bond acceptors (Lipinski definition) is 2. The van der Waals surface area contributed by atoms with Crippen molar-refractivity contribution >= 4 is 17.7 Å². The van der Waals surface area contributed by atoms with Crippen molar-refractivity contribution in [1.29, 1.82) is 0 Å². The molecule has 0 aliphatic heterocycles. The smallest absolute Gasteiger partial charge is 0.304 e. The van der Waals surface area contributed by atoms with Crippen LogP contribution in [0.5, 0.6) is 0 Å². The van der Waals surface area contributed by atoms with E-state index in [-0.39, 0.29) is 6.42 Å². The molecule has 0 rings (SSSR count). The molecule has 0 heterocycles. The molecule has 0 aliphatic rings. The first kappa shape index (κ1) is 10.8. The summed E-state index contributed by atoms with van der Waals surface area (Å²) in [5.41, 5.74) is 0.309. The van der Waals surface area contributed by atoms with E-state index in [1.165, 1.54) is 0 Å². The average Bonchev–Trinajstić information content (AvgIpc) is 1.78. The van der Waals surface area contributed by atoms with E-state index in [4.69, 9.17) is 5.11 Å². The highest BCUT2D eigenvalue weighted by Crippen LogP contribution is 2.20. The van der Waals surface area contributed by atoms with Crippen LogP contribution in [0.25, 0.3) is 0 Å². The normalized spacial score (nSPS) is 11.5. The van der Waals surface area contributed by atoms with Crippen LogP contribution in [0.2, 0.25) is 0 Å². The SMILES string of the molecule is CC(C)(C)CSCCC(=O)O. The summed E-state index contributed by atoms with van der Waals surface area (Å²) < 4.78 is 0. The lowest BCUT2D eigenvalue weighted by atomic mass is 10.0. The van der Waals surface area contributed by atoms with Gasteiger partial charge >= 0.3 is 5.97 Å². The van der Waals surface area contributed by atoms with Gasteiger partial charge in [-0.3, -0.25) is 4.79 Å². The fourth-order valence-electron chi connectivity index (χ4n) is 0.538. The molecule has 0 aromatic carbocycles. The summed E-state index contributed by atoms with van der Waals surface area (Å²) in [6.07, 6.45) is 0.279. The molecule has 0 unspecified atom stereocenters. The Balaban J connectivity index is 3.22. The molecule has 0 saturated carbocycles. The van der Waals surface area contributed by atoms with Gasteiger partial charge in [-0.15, -0.1) is 0 Å². The lowest BCUT2D eigenvalue weighted by Crippen LogP contribution is -2.09. The first-order chi connectivity index (χ1) is 4.92. The second kappa shape index (κ2) is 4.65. The zero-order valence-electron chi connectivity index (χ0n) is 7.39. The molecule has 0 aromatic rings. The number of hydrogen-bond donors (Lipinski definition) is 1. The second-order valence-corrected chi connectivity index (χ2v) is 4.86. The molecule has 1 N–H and O–H groups in total. The van der Waals surface area contributed by atoms with Gasteiger partial charge in [-0.1, -0.05) is 20.8 Å². The largest absolute Gasteiger partial charge is 0.481 e. The minimum absolute atomic E-state index is 0.279. The summed E-state index contributed by atoms with van der Waals surface area (Å²) in [6.45, 7) is 6.46. The lowest BCUT2D eigenvalue weighted by molar-refractivity contribution is -0.136. The van der Waals surface area contributed by atoms with E-state index in [1.807, 2.05) is 0 Å². The Morgan fingerprint density at radius 3 is 2.36 bits per heavy atom. The lowest BCUT2D eigenvalue weighted by Gasteiger charge is -2.16. The van der Waals surface area contributed by atoms with Crippen LogP contribution in [0.4, 0.5) is 0 Å². The van der Waals surface area contributed by atoms with Crippen LogP contribution in [0, 0.1) is 5.41 Å². The number of rotatable bonds is 4. The Hall–Kier alpha value is -0.180. The first-order valence-corrected chi connectivity index (χ1v) is 4.87. The minimum Gasteiger partial charge on any atom is -0.481 e. The third-order valence-corrected chi connectivity index (χ3v) is 2.56. The van der Waals surface area contributed by atoms with Crippen molar-refractivity contribution in [2.24, 2.45) is 5.41 Å². The molecule has 0 aromatic heterocycles. The molecular formula is C8H16O2S. The van der Waals surface area contributed by atoms with Gasteiger partial charge in [-0.25, -0.2) is 0 Å². The number of carboxylic acid groups (broad SMARTS) is 1. The molecule has 0 saturated heterocycles. The summed E-state index contributed by atoms with van der Waals surface area (Å²) >= 11 is 1.71. The predicted octanol–water partition coefficient (Wildman–Crippen LogP) is 2.24. The molecular weight excluding hydrogens is 160 g/mol. The Morgan fingerprint density at radius 2 is 2.00 bits per heavy atom. The van der Waals surface area contributed by atoms with Crippen LogP contribution in [0.3, 0.4) is 0 Å². The summed E-state index contributed by atoms with van der Waals surface area (Å²) in [5, 5.41) is 8.33. The summed E-state index contributed by atoms with van der Waals surface area (Å²) in [6, 6.07) is 0. The van der Waals surface area contributed by atoms with E-state index in [1.54, 1.807) is 11.8 Å². The third kappa shape index (κ3) is 9.82. The van der Waals surface area contributed by atoms with Crippen molar-refractivity contribution in [2.75, 3.05) is 11.5 Å². The topological polar surface area (TPSA) is 37.3 Å². The van der Waals surface area contributed by atoms with E-state index < -0.39 is 5.97 Å². The van der Waals surface area contributed by atoms with Crippen molar-refractivity contribution in [3.05, 3.63) is 0 Å². The quantitative estimate of drug-likeness (QED) is 0.667. The van der Waals surface area contributed by atoms with Crippen LogP contribution in [-0.2, 0) is 4.79 Å². The van der Waals surface area contributed by atoms with Crippen molar-refractivity contribution in [1.82, 2.24) is 0 Å². The number of aliphatic carboxylic acids is 1. The highest BCUT2D eigenvalue weighted by atomic mass is 32.2. The molecule has 66 valence electrons. The van der Waals surface area contributed by atoms with Crippen LogP contribution < -0.4 is 0 Å². The van der Waals surface area contributed by atoms with Crippen LogP contribution >= 0.6 is 11.8 Å². The van der Waals surface area contributed by atoms with Gasteiger partial charge in [0.05, 0.1) is 6.42 Å². The van der Waals surface area contributed by atoms with Gasteiger partial charge in [0.15, 0.2) is 0 Å². The van der Waals surface area contributed by atoms with Crippen molar-refractivity contribution in [3.63, 3.8) is 0 Å². The fourth-order valence-corrected chi connectivity index (χ4v) is 1.61. The number of thioether (sulfide) groups is 1. The highest BCUT2D eigenvalue weighted by Gasteiger charge is 2.09. The highest BCUT2D eigenvalue weighted by molar-refractivity contribution is 7.99. The van der Waals surface area contributed by atoms with Crippen LogP contribution in [-0.4, -0.2) is 22.6 Å². The van der Waals surface area contributed by atoms with E-state index in [9.17, 15) is 4.79 Å². The minimum atomic E-state index is -0.702. The molecule has 0 aliphatic carbocycles. The fraction of sp³-hybridized carbons (Fsp3) is 0.875. The Bertz CT molecular complexity index is 127. The number of carboxylic acids is 1. The second-order valence-electron chi connectivity index (χ2n) is 3.76. The van der Waals surface area contributed by atoms with E-state index >= 15 is 0 Å². The van der Waals surface area contributed by atoms with Crippen LogP contribution in [0.1, 0.15) is 27.2 Å². The molecule has 2 nitrogen and oxygen atoms in total. The van der Waals surface area contributed by atoms with E-state index in [0.29, 0.717) is 5.41 Å². The van der Waals surface area contributed by atoms with Crippen LogP contribution in [0.15, 0.2) is 0 Å². The van der Waals surface area contributed by atoms with Gasteiger partial charge in [0, 0.05) is 5.75 Å². The Kier molecular flexibility index (Phi) is 4.57. The molecule has 11 heavy (non-hydrogen) atoms. The zero-order valence-corrected chi connectivity index (χ0v) is 8.20. The van der Waals surface area contributed by atoms with E-state index in [2.05, 4.69) is 20.8 Å². The maximum absolute atomic E-state index is 10.1. The summed E-state index contributed by atoms with van der Waals surface area (Å²) in [4.78, 5) is 10.1. The van der Waals surface area contributed by atoms with Crippen molar-refractivity contribution in [3.8, 4) is 0 Å². The maximum Gasteiger partial charge on any atom is 0.304 e. The van der Waals surface area contributed by atoms with Crippen molar-refractivity contribution in [2.45, 2.75) is 27.2 Å².